The number of aromatic nitrogens is 1. The Morgan fingerprint density at radius 1 is 1.44 bits per heavy atom. The third kappa shape index (κ3) is 3.79. The predicted octanol–water partition coefficient (Wildman–Crippen LogP) is 2.30. The fourth-order valence-corrected chi connectivity index (χ4v) is 2.20. The normalized spacial score (nSPS) is 20.9. The monoisotopic (exact) mass is 248 g/mol. The quantitative estimate of drug-likeness (QED) is 0.891. The van der Waals surface area contributed by atoms with Crippen molar-refractivity contribution >= 4 is 0 Å². The third-order valence-electron chi connectivity index (χ3n) is 3.41. The van der Waals surface area contributed by atoms with E-state index in [2.05, 4.69) is 43.2 Å². The van der Waals surface area contributed by atoms with Gasteiger partial charge in [0.2, 0.25) is 0 Å². The molecule has 0 spiro atoms. The van der Waals surface area contributed by atoms with E-state index in [4.69, 9.17) is 4.74 Å². The lowest BCUT2D eigenvalue weighted by Crippen LogP contribution is -2.38. The molecule has 1 atom stereocenters. The Morgan fingerprint density at radius 2 is 2.28 bits per heavy atom. The smallest absolute Gasteiger partial charge is 0.0703 e. The maximum absolute atomic E-state index is 5.71. The summed E-state index contributed by atoms with van der Waals surface area (Å²) in [5, 5.41) is 3.36. The van der Waals surface area contributed by atoms with Crippen molar-refractivity contribution in [1.82, 2.24) is 10.3 Å². The first-order valence-corrected chi connectivity index (χ1v) is 6.83. The summed E-state index contributed by atoms with van der Waals surface area (Å²) < 4.78 is 5.71. The maximum Gasteiger partial charge on any atom is 0.0703 e. The first-order chi connectivity index (χ1) is 8.55. The van der Waals surface area contributed by atoms with Crippen LogP contribution in [0.2, 0.25) is 0 Å². The molecule has 1 aliphatic heterocycles. The van der Waals surface area contributed by atoms with Crippen LogP contribution in [0.15, 0.2) is 18.3 Å². The fraction of sp³-hybridized carbons (Fsp3) is 0.667. The van der Waals surface area contributed by atoms with Crippen molar-refractivity contribution in [1.29, 1.82) is 0 Å². The lowest BCUT2D eigenvalue weighted by atomic mass is 9.87. The average Bonchev–Trinajstić information content (AvgIpc) is 2.37. The minimum Gasteiger partial charge on any atom is -0.376 e. The van der Waals surface area contributed by atoms with Gasteiger partial charge in [0, 0.05) is 25.0 Å². The molecule has 1 aromatic rings. The summed E-state index contributed by atoms with van der Waals surface area (Å²) >= 11 is 0. The Balaban J connectivity index is 1.92. The molecule has 2 rings (SSSR count). The van der Waals surface area contributed by atoms with Crippen molar-refractivity contribution in [3.8, 4) is 0 Å². The molecule has 100 valence electrons. The molecule has 0 saturated carbocycles. The Kier molecular flexibility index (Phi) is 4.36. The van der Waals surface area contributed by atoms with Crippen LogP contribution in [-0.2, 0) is 16.6 Å². The van der Waals surface area contributed by atoms with Gasteiger partial charge in [0.15, 0.2) is 0 Å². The van der Waals surface area contributed by atoms with Crippen LogP contribution in [0.25, 0.3) is 0 Å². The number of hydrogen-bond acceptors (Lipinski definition) is 3. The number of rotatable bonds is 3. The van der Waals surface area contributed by atoms with Gasteiger partial charge in [-0.25, -0.2) is 0 Å². The van der Waals surface area contributed by atoms with Crippen molar-refractivity contribution in [3.05, 3.63) is 29.6 Å². The van der Waals surface area contributed by atoms with Crippen LogP contribution in [0.3, 0.4) is 0 Å². The number of pyridine rings is 1. The first-order valence-electron chi connectivity index (χ1n) is 6.83. The van der Waals surface area contributed by atoms with Gasteiger partial charge < -0.3 is 10.1 Å². The molecule has 1 fully saturated rings. The van der Waals surface area contributed by atoms with Gasteiger partial charge in [-0.2, -0.15) is 0 Å². The molecule has 1 N–H and O–H groups in total. The zero-order valence-corrected chi connectivity index (χ0v) is 11.7. The van der Waals surface area contributed by atoms with Gasteiger partial charge in [0.25, 0.3) is 0 Å². The second-order valence-corrected chi connectivity index (χ2v) is 6.02. The number of morpholine rings is 1. The molecule has 1 aromatic heterocycles. The average molecular weight is 248 g/mol. The van der Waals surface area contributed by atoms with Crippen molar-refractivity contribution in [3.63, 3.8) is 0 Å². The third-order valence-corrected chi connectivity index (χ3v) is 3.41. The SMILES string of the molecule is CC(C)(C)c1ccnc(CCC2CNCCO2)c1. The topological polar surface area (TPSA) is 34.2 Å². The van der Waals surface area contributed by atoms with Crippen LogP contribution in [0.1, 0.15) is 38.4 Å². The maximum atomic E-state index is 5.71. The summed E-state index contributed by atoms with van der Waals surface area (Å²) in [6.45, 7) is 9.49. The van der Waals surface area contributed by atoms with Crippen LogP contribution in [0, 0.1) is 0 Å². The molecule has 3 heteroatoms. The summed E-state index contributed by atoms with van der Waals surface area (Å²) in [7, 11) is 0. The van der Waals surface area contributed by atoms with Crippen molar-refractivity contribution in [2.45, 2.75) is 45.1 Å². The fourth-order valence-electron chi connectivity index (χ4n) is 2.20. The highest BCUT2D eigenvalue weighted by molar-refractivity contribution is 5.23. The van der Waals surface area contributed by atoms with Crippen molar-refractivity contribution in [2.75, 3.05) is 19.7 Å². The molecule has 1 unspecified atom stereocenters. The summed E-state index contributed by atoms with van der Waals surface area (Å²) in [6, 6.07) is 4.35. The molecule has 0 amide bonds. The summed E-state index contributed by atoms with van der Waals surface area (Å²) in [5.74, 6) is 0. The number of nitrogens with zero attached hydrogens (tertiary/aromatic N) is 1. The van der Waals surface area contributed by atoms with Crippen LogP contribution in [-0.4, -0.2) is 30.8 Å². The number of aryl methyl sites for hydroxylation is 1. The second-order valence-electron chi connectivity index (χ2n) is 6.02. The molecule has 1 aliphatic rings. The van der Waals surface area contributed by atoms with E-state index in [-0.39, 0.29) is 5.41 Å². The minimum atomic E-state index is 0.195. The molecular formula is C15H24N2O. The van der Waals surface area contributed by atoms with E-state index >= 15 is 0 Å². The van der Waals surface area contributed by atoms with Crippen molar-refractivity contribution in [2.24, 2.45) is 0 Å². The Labute approximate surface area is 110 Å². The zero-order valence-electron chi connectivity index (χ0n) is 11.7. The van der Waals surface area contributed by atoms with E-state index in [1.54, 1.807) is 0 Å². The highest BCUT2D eigenvalue weighted by Crippen LogP contribution is 2.22. The van der Waals surface area contributed by atoms with E-state index in [0.717, 1.165) is 32.5 Å². The minimum absolute atomic E-state index is 0.195. The number of nitrogens with one attached hydrogen (secondary N) is 1. The van der Waals surface area contributed by atoms with Gasteiger partial charge in [-0.1, -0.05) is 20.8 Å². The number of ether oxygens (including phenoxy) is 1. The van der Waals surface area contributed by atoms with Crippen LogP contribution in [0.4, 0.5) is 0 Å². The molecule has 0 aromatic carbocycles. The van der Waals surface area contributed by atoms with E-state index in [9.17, 15) is 0 Å². The van der Waals surface area contributed by atoms with Crippen molar-refractivity contribution < 1.29 is 4.74 Å². The predicted molar refractivity (Wildman–Crippen MR) is 73.9 cm³/mol. The van der Waals surface area contributed by atoms with Gasteiger partial charge in [-0.15, -0.1) is 0 Å². The van der Waals surface area contributed by atoms with E-state index in [0.29, 0.717) is 6.10 Å². The van der Waals surface area contributed by atoms with Gasteiger partial charge in [0.1, 0.15) is 0 Å². The lowest BCUT2D eigenvalue weighted by molar-refractivity contribution is 0.0237. The van der Waals surface area contributed by atoms with Crippen LogP contribution < -0.4 is 5.32 Å². The molecule has 3 nitrogen and oxygen atoms in total. The molecule has 0 bridgehead atoms. The van der Waals surface area contributed by atoms with Gasteiger partial charge in [0.05, 0.1) is 12.7 Å². The Bertz CT molecular complexity index is 378. The first kappa shape index (κ1) is 13.5. The molecular weight excluding hydrogens is 224 g/mol. The van der Waals surface area contributed by atoms with E-state index in [1.165, 1.54) is 11.3 Å². The second kappa shape index (κ2) is 5.81. The molecule has 0 aliphatic carbocycles. The highest BCUT2D eigenvalue weighted by atomic mass is 16.5. The van der Waals surface area contributed by atoms with Crippen LogP contribution in [0.5, 0.6) is 0 Å². The van der Waals surface area contributed by atoms with Gasteiger partial charge >= 0.3 is 0 Å². The lowest BCUT2D eigenvalue weighted by Gasteiger charge is -2.24. The summed E-state index contributed by atoms with van der Waals surface area (Å²) in [4.78, 5) is 4.46. The Morgan fingerprint density at radius 3 is 2.94 bits per heavy atom. The number of hydrogen-bond donors (Lipinski definition) is 1. The van der Waals surface area contributed by atoms with Crippen LogP contribution >= 0.6 is 0 Å². The van der Waals surface area contributed by atoms with Gasteiger partial charge in [-0.05, 0) is 36.0 Å². The molecule has 1 saturated heterocycles. The Hall–Kier alpha value is -0.930. The zero-order chi connectivity index (χ0) is 13.0. The molecule has 18 heavy (non-hydrogen) atoms. The standard InChI is InChI=1S/C15H24N2O/c1-15(2,3)12-6-7-17-13(10-12)4-5-14-11-16-8-9-18-14/h6-7,10,14,16H,4-5,8-9,11H2,1-3H3. The highest BCUT2D eigenvalue weighted by Gasteiger charge is 2.16. The van der Waals surface area contributed by atoms with E-state index < -0.39 is 0 Å². The van der Waals surface area contributed by atoms with Gasteiger partial charge in [-0.3, -0.25) is 4.98 Å². The summed E-state index contributed by atoms with van der Waals surface area (Å²) in [5.41, 5.74) is 2.73. The van der Waals surface area contributed by atoms with E-state index in [1.807, 2.05) is 6.20 Å². The molecule has 2 heterocycles. The molecule has 0 radical (unpaired) electrons. The largest absolute Gasteiger partial charge is 0.376 e. The summed E-state index contributed by atoms with van der Waals surface area (Å²) in [6.07, 6.45) is 4.32.